The Kier molecular flexibility index (Phi) is 4.35. The molecule has 0 spiro atoms. The molecule has 1 heterocycles. The zero-order valence-electron chi connectivity index (χ0n) is 10.2. The summed E-state index contributed by atoms with van der Waals surface area (Å²) < 4.78 is 0.812. The summed E-state index contributed by atoms with van der Waals surface area (Å²) >= 11 is 4.77. The Hall–Kier alpha value is -1.64. The number of nitrogens with zero attached hydrogens (tertiary/aromatic N) is 1. The third-order valence-electron chi connectivity index (χ3n) is 2.58. The summed E-state index contributed by atoms with van der Waals surface area (Å²) in [5.41, 5.74) is 0.970. The zero-order valence-corrected chi connectivity index (χ0v) is 12.6. The molecule has 1 aromatic heterocycles. The van der Waals surface area contributed by atoms with Crippen molar-refractivity contribution in [3.05, 3.63) is 50.1 Å². The summed E-state index contributed by atoms with van der Waals surface area (Å²) in [4.78, 5) is 13.9. The standard InChI is InChI=1S/C14H11BrN2OS/c1-2-11-4-6-13(19-11)14(18)17-12-5-3-10(15)7-9(12)8-16/h3-7H,2H2,1H3,(H,17,18). The number of anilines is 1. The van der Waals surface area contributed by atoms with Gasteiger partial charge < -0.3 is 5.32 Å². The highest BCUT2D eigenvalue weighted by Crippen LogP contribution is 2.23. The Labute approximate surface area is 124 Å². The molecule has 0 saturated heterocycles. The van der Waals surface area contributed by atoms with Crippen LogP contribution in [-0.4, -0.2) is 5.91 Å². The van der Waals surface area contributed by atoms with Crippen LogP contribution < -0.4 is 5.32 Å². The van der Waals surface area contributed by atoms with E-state index in [9.17, 15) is 4.79 Å². The van der Waals surface area contributed by atoms with E-state index >= 15 is 0 Å². The lowest BCUT2D eigenvalue weighted by atomic mass is 10.2. The highest BCUT2D eigenvalue weighted by atomic mass is 79.9. The van der Waals surface area contributed by atoms with Gasteiger partial charge in [-0.25, -0.2) is 0 Å². The summed E-state index contributed by atoms with van der Waals surface area (Å²) in [6.07, 6.45) is 0.916. The molecule has 0 radical (unpaired) electrons. The van der Waals surface area contributed by atoms with Gasteiger partial charge in [-0.1, -0.05) is 22.9 Å². The Balaban J connectivity index is 2.22. The number of carbonyl (C=O) groups is 1. The van der Waals surface area contributed by atoms with Crippen molar-refractivity contribution in [2.75, 3.05) is 5.32 Å². The maximum atomic E-state index is 12.1. The van der Waals surface area contributed by atoms with Gasteiger partial charge in [0.2, 0.25) is 0 Å². The normalized spacial score (nSPS) is 9.95. The van der Waals surface area contributed by atoms with E-state index in [4.69, 9.17) is 5.26 Å². The average Bonchev–Trinajstić information content (AvgIpc) is 2.89. The molecule has 0 bridgehead atoms. The maximum absolute atomic E-state index is 12.1. The lowest BCUT2D eigenvalue weighted by Crippen LogP contribution is -2.11. The smallest absolute Gasteiger partial charge is 0.265 e. The van der Waals surface area contributed by atoms with Crippen LogP contribution in [0.5, 0.6) is 0 Å². The molecule has 0 aliphatic carbocycles. The van der Waals surface area contributed by atoms with E-state index in [1.807, 2.05) is 12.1 Å². The molecule has 2 aromatic rings. The maximum Gasteiger partial charge on any atom is 0.265 e. The quantitative estimate of drug-likeness (QED) is 0.914. The molecule has 5 heteroatoms. The van der Waals surface area contributed by atoms with Crippen LogP contribution in [0, 0.1) is 11.3 Å². The minimum atomic E-state index is -0.177. The van der Waals surface area contributed by atoms with Crippen LogP contribution in [0.25, 0.3) is 0 Å². The third-order valence-corrected chi connectivity index (χ3v) is 4.31. The number of nitrogens with one attached hydrogen (secondary N) is 1. The van der Waals surface area contributed by atoms with Gasteiger partial charge in [0.05, 0.1) is 16.1 Å². The van der Waals surface area contributed by atoms with Crippen molar-refractivity contribution in [1.82, 2.24) is 0 Å². The molecule has 0 saturated carbocycles. The Bertz CT molecular complexity index is 658. The van der Waals surface area contributed by atoms with E-state index in [-0.39, 0.29) is 5.91 Å². The van der Waals surface area contributed by atoms with Gasteiger partial charge in [-0.2, -0.15) is 5.26 Å². The molecule has 2 rings (SSSR count). The summed E-state index contributed by atoms with van der Waals surface area (Å²) in [6, 6.07) is 11.0. The number of thiophene rings is 1. The number of hydrogen-bond donors (Lipinski definition) is 1. The van der Waals surface area contributed by atoms with E-state index in [1.165, 1.54) is 16.2 Å². The number of carbonyl (C=O) groups excluding carboxylic acids is 1. The molecule has 0 atom stereocenters. The van der Waals surface area contributed by atoms with Crippen molar-refractivity contribution < 1.29 is 4.79 Å². The molecule has 1 N–H and O–H groups in total. The second-order valence-corrected chi connectivity index (χ2v) is 5.96. The first-order valence-electron chi connectivity index (χ1n) is 5.73. The van der Waals surface area contributed by atoms with Crippen LogP contribution >= 0.6 is 27.3 Å². The predicted octanol–water partition coefficient (Wildman–Crippen LogP) is 4.20. The van der Waals surface area contributed by atoms with Gasteiger partial charge in [0.15, 0.2) is 0 Å². The molecule has 3 nitrogen and oxygen atoms in total. The molecule has 0 fully saturated rings. The third kappa shape index (κ3) is 3.22. The fourth-order valence-corrected chi connectivity index (χ4v) is 2.80. The molecule has 1 aromatic carbocycles. The number of halogens is 1. The van der Waals surface area contributed by atoms with E-state index in [0.717, 1.165) is 10.9 Å². The molecule has 0 aliphatic heterocycles. The van der Waals surface area contributed by atoms with Crippen LogP contribution in [0.4, 0.5) is 5.69 Å². The van der Waals surface area contributed by atoms with Gasteiger partial charge >= 0.3 is 0 Å². The highest BCUT2D eigenvalue weighted by Gasteiger charge is 2.11. The first kappa shape index (κ1) is 13.8. The first-order valence-corrected chi connectivity index (χ1v) is 7.34. The minimum absolute atomic E-state index is 0.177. The number of rotatable bonds is 3. The second kappa shape index (κ2) is 6.00. The molecule has 19 heavy (non-hydrogen) atoms. The van der Waals surface area contributed by atoms with Gasteiger partial charge in [-0.15, -0.1) is 11.3 Å². The molecule has 96 valence electrons. The molecular formula is C14H11BrN2OS. The van der Waals surface area contributed by atoms with Crippen molar-refractivity contribution in [1.29, 1.82) is 5.26 Å². The van der Waals surface area contributed by atoms with Crippen LogP contribution in [0.15, 0.2) is 34.8 Å². The molecule has 0 aliphatic rings. The first-order chi connectivity index (χ1) is 9.13. The average molecular weight is 335 g/mol. The van der Waals surface area contributed by atoms with Crippen molar-refractivity contribution in [2.24, 2.45) is 0 Å². The number of nitriles is 1. The lowest BCUT2D eigenvalue weighted by molar-refractivity contribution is 0.103. The zero-order chi connectivity index (χ0) is 13.8. The summed E-state index contributed by atoms with van der Waals surface area (Å²) in [7, 11) is 0. The van der Waals surface area contributed by atoms with Crippen LogP contribution in [0.3, 0.4) is 0 Å². The minimum Gasteiger partial charge on any atom is -0.320 e. The van der Waals surface area contributed by atoms with Gasteiger partial charge in [0.25, 0.3) is 5.91 Å². The predicted molar refractivity (Wildman–Crippen MR) is 80.5 cm³/mol. The topological polar surface area (TPSA) is 52.9 Å². The fraction of sp³-hybridized carbons (Fsp3) is 0.143. The van der Waals surface area contributed by atoms with Crippen molar-refractivity contribution in [3.63, 3.8) is 0 Å². The van der Waals surface area contributed by atoms with E-state index in [0.29, 0.717) is 16.1 Å². The summed E-state index contributed by atoms with van der Waals surface area (Å²) in [5, 5.41) is 11.8. The van der Waals surface area contributed by atoms with E-state index < -0.39 is 0 Å². The molecule has 0 unspecified atom stereocenters. The van der Waals surface area contributed by atoms with Crippen LogP contribution in [0.1, 0.15) is 27.0 Å². The monoisotopic (exact) mass is 334 g/mol. The van der Waals surface area contributed by atoms with Gasteiger partial charge in [0.1, 0.15) is 6.07 Å². The SMILES string of the molecule is CCc1ccc(C(=O)Nc2ccc(Br)cc2C#N)s1. The van der Waals surface area contributed by atoms with Gasteiger partial charge in [0, 0.05) is 9.35 Å². The van der Waals surface area contributed by atoms with Crippen molar-refractivity contribution in [2.45, 2.75) is 13.3 Å². The fourth-order valence-electron chi connectivity index (χ4n) is 1.59. The second-order valence-electron chi connectivity index (χ2n) is 3.88. The Morgan fingerprint density at radius 2 is 2.21 bits per heavy atom. The lowest BCUT2D eigenvalue weighted by Gasteiger charge is -2.06. The Morgan fingerprint density at radius 1 is 1.42 bits per heavy atom. The van der Waals surface area contributed by atoms with E-state index in [2.05, 4.69) is 34.2 Å². The number of aryl methyl sites for hydroxylation is 1. The van der Waals surface area contributed by atoms with Gasteiger partial charge in [-0.05, 0) is 36.8 Å². The van der Waals surface area contributed by atoms with E-state index in [1.54, 1.807) is 18.2 Å². The van der Waals surface area contributed by atoms with Crippen molar-refractivity contribution >= 4 is 38.9 Å². The Morgan fingerprint density at radius 3 is 2.84 bits per heavy atom. The van der Waals surface area contributed by atoms with Crippen LogP contribution in [-0.2, 0) is 6.42 Å². The molecular weight excluding hydrogens is 324 g/mol. The largest absolute Gasteiger partial charge is 0.320 e. The van der Waals surface area contributed by atoms with Gasteiger partial charge in [-0.3, -0.25) is 4.79 Å². The molecule has 1 amide bonds. The summed E-state index contributed by atoms with van der Waals surface area (Å²) in [6.45, 7) is 2.05. The highest BCUT2D eigenvalue weighted by molar-refractivity contribution is 9.10. The van der Waals surface area contributed by atoms with Crippen molar-refractivity contribution in [3.8, 4) is 6.07 Å². The number of hydrogen-bond acceptors (Lipinski definition) is 3. The summed E-state index contributed by atoms with van der Waals surface area (Å²) in [5.74, 6) is -0.177. The number of benzene rings is 1. The van der Waals surface area contributed by atoms with Crippen LogP contribution in [0.2, 0.25) is 0 Å². The number of amides is 1.